The molecule has 6 nitrogen and oxygen atoms in total. The standard InChI is InChI=1S/C20H21NO5/c1-13(22)12-17(23)18-19(26-16-6-4-3-5-7-16)20(24)21(18)14-8-10-15(25-2)11-9-14/h3-11,17-19,23H,12H2,1-2H3/t17-,18-,19+/m0/s1. The predicted molar refractivity (Wildman–Crippen MR) is 96.4 cm³/mol. The molecule has 136 valence electrons. The highest BCUT2D eigenvalue weighted by atomic mass is 16.5. The molecule has 1 saturated heterocycles. The molecule has 1 aliphatic heterocycles. The molecule has 0 spiro atoms. The largest absolute Gasteiger partial charge is 0.497 e. The highest BCUT2D eigenvalue weighted by Gasteiger charge is 2.53. The Balaban J connectivity index is 1.85. The van der Waals surface area contributed by atoms with Gasteiger partial charge in [0.25, 0.3) is 5.91 Å². The third kappa shape index (κ3) is 3.55. The molecule has 6 heteroatoms. The van der Waals surface area contributed by atoms with Crippen molar-refractivity contribution in [1.29, 1.82) is 0 Å². The van der Waals surface area contributed by atoms with Gasteiger partial charge in [-0.15, -0.1) is 0 Å². The number of carbonyl (C=O) groups excluding carboxylic acids is 2. The first-order valence-electron chi connectivity index (χ1n) is 8.37. The monoisotopic (exact) mass is 355 g/mol. The second kappa shape index (κ2) is 7.58. The minimum absolute atomic E-state index is 0.0424. The molecule has 0 aliphatic carbocycles. The van der Waals surface area contributed by atoms with Crippen LogP contribution in [0.2, 0.25) is 0 Å². The van der Waals surface area contributed by atoms with Gasteiger partial charge >= 0.3 is 0 Å². The van der Waals surface area contributed by atoms with Crippen LogP contribution >= 0.6 is 0 Å². The van der Waals surface area contributed by atoms with Gasteiger partial charge in [0.2, 0.25) is 6.10 Å². The molecule has 0 aromatic heterocycles. The fourth-order valence-corrected chi connectivity index (χ4v) is 3.08. The van der Waals surface area contributed by atoms with Crippen LogP contribution in [0, 0.1) is 0 Å². The average Bonchev–Trinajstić information content (AvgIpc) is 2.64. The summed E-state index contributed by atoms with van der Waals surface area (Å²) in [5, 5.41) is 10.5. The zero-order valence-corrected chi connectivity index (χ0v) is 14.7. The number of para-hydroxylation sites is 1. The molecule has 1 aliphatic rings. The number of hydrogen-bond acceptors (Lipinski definition) is 5. The number of nitrogens with zero attached hydrogens (tertiary/aromatic N) is 1. The Bertz CT molecular complexity index is 775. The van der Waals surface area contributed by atoms with Gasteiger partial charge in [-0.2, -0.15) is 0 Å². The molecule has 1 fully saturated rings. The lowest BCUT2D eigenvalue weighted by molar-refractivity contribution is -0.140. The number of β-lactam (4-membered cyclic amide) rings is 1. The number of anilines is 1. The molecular formula is C20H21NO5. The van der Waals surface area contributed by atoms with Crippen molar-refractivity contribution >= 4 is 17.4 Å². The van der Waals surface area contributed by atoms with Crippen molar-refractivity contribution in [3.8, 4) is 11.5 Å². The van der Waals surface area contributed by atoms with Gasteiger partial charge in [0.05, 0.1) is 13.2 Å². The predicted octanol–water partition coefficient (Wildman–Crippen LogP) is 2.20. The highest BCUT2D eigenvalue weighted by molar-refractivity contribution is 6.05. The molecule has 0 bridgehead atoms. The summed E-state index contributed by atoms with van der Waals surface area (Å²) in [6.45, 7) is 1.41. The van der Waals surface area contributed by atoms with E-state index in [9.17, 15) is 14.7 Å². The van der Waals surface area contributed by atoms with E-state index in [2.05, 4.69) is 0 Å². The summed E-state index contributed by atoms with van der Waals surface area (Å²) in [6, 6.07) is 15.3. The minimum atomic E-state index is -1.01. The van der Waals surface area contributed by atoms with Gasteiger partial charge < -0.3 is 14.6 Å². The van der Waals surface area contributed by atoms with E-state index in [4.69, 9.17) is 9.47 Å². The molecule has 3 atom stereocenters. The second-order valence-electron chi connectivity index (χ2n) is 6.22. The number of rotatable bonds is 7. The van der Waals surface area contributed by atoms with Crippen LogP contribution < -0.4 is 14.4 Å². The van der Waals surface area contributed by atoms with Crippen molar-refractivity contribution in [3.63, 3.8) is 0 Å². The first-order valence-corrected chi connectivity index (χ1v) is 8.37. The molecule has 1 N–H and O–H groups in total. The Morgan fingerprint density at radius 2 is 1.77 bits per heavy atom. The summed E-state index contributed by atoms with van der Waals surface area (Å²) < 4.78 is 10.9. The number of Topliss-reactive ketones (excluding diaryl/α,β-unsaturated/α-hetero) is 1. The Kier molecular flexibility index (Phi) is 5.23. The number of benzene rings is 2. The van der Waals surface area contributed by atoms with E-state index in [0.29, 0.717) is 17.2 Å². The molecule has 0 unspecified atom stereocenters. The number of ketones is 1. The van der Waals surface area contributed by atoms with Crippen LogP contribution in [0.25, 0.3) is 0 Å². The number of hydrogen-bond donors (Lipinski definition) is 1. The average molecular weight is 355 g/mol. The van der Waals surface area contributed by atoms with Crippen molar-refractivity contribution in [1.82, 2.24) is 0 Å². The number of ether oxygens (including phenoxy) is 2. The number of aliphatic hydroxyl groups is 1. The Hall–Kier alpha value is -2.86. The van der Waals surface area contributed by atoms with Crippen molar-refractivity contribution in [2.45, 2.75) is 31.6 Å². The maximum atomic E-state index is 12.7. The molecule has 2 aromatic rings. The Labute approximate surface area is 152 Å². The summed E-state index contributed by atoms with van der Waals surface area (Å²) in [5.74, 6) is 0.802. The molecule has 0 saturated carbocycles. The third-order valence-electron chi connectivity index (χ3n) is 4.34. The van der Waals surface area contributed by atoms with Gasteiger partial charge in [0.15, 0.2) is 0 Å². The smallest absolute Gasteiger partial charge is 0.270 e. The summed E-state index contributed by atoms with van der Waals surface area (Å²) in [5.41, 5.74) is 0.622. The van der Waals surface area contributed by atoms with Gasteiger partial charge in [-0.1, -0.05) is 18.2 Å². The maximum Gasteiger partial charge on any atom is 0.270 e. The Morgan fingerprint density at radius 3 is 2.35 bits per heavy atom. The van der Waals surface area contributed by atoms with Gasteiger partial charge in [-0.25, -0.2) is 0 Å². The van der Waals surface area contributed by atoms with Crippen molar-refractivity contribution in [2.24, 2.45) is 0 Å². The molecule has 1 heterocycles. The van der Waals surface area contributed by atoms with Crippen LogP contribution in [0.4, 0.5) is 5.69 Å². The quantitative estimate of drug-likeness (QED) is 0.771. The maximum absolute atomic E-state index is 12.7. The molecule has 0 radical (unpaired) electrons. The van der Waals surface area contributed by atoms with E-state index in [0.717, 1.165) is 0 Å². The number of methoxy groups -OCH3 is 1. The first-order chi connectivity index (χ1) is 12.5. The molecule has 3 rings (SSSR count). The zero-order chi connectivity index (χ0) is 18.7. The van der Waals surface area contributed by atoms with Crippen molar-refractivity contribution < 1.29 is 24.2 Å². The van der Waals surface area contributed by atoms with Gasteiger partial charge in [0.1, 0.15) is 23.3 Å². The van der Waals surface area contributed by atoms with E-state index in [1.54, 1.807) is 55.6 Å². The third-order valence-corrected chi connectivity index (χ3v) is 4.34. The number of amides is 1. The van der Waals surface area contributed by atoms with Crippen LogP contribution in [-0.4, -0.2) is 42.2 Å². The van der Waals surface area contributed by atoms with Crippen LogP contribution in [0.15, 0.2) is 54.6 Å². The summed E-state index contributed by atoms with van der Waals surface area (Å²) in [4.78, 5) is 25.6. The number of aliphatic hydroxyl groups excluding tert-OH is 1. The summed E-state index contributed by atoms with van der Waals surface area (Å²) >= 11 is 0. The van der Waals surface area contributed by atoms with Crippen LogP contribution in [0.3, 0.4) is 0 Å². The van der Waals surface area contributed by atoms with Crippen LogP contribution in [0.5, 0.6) is 11.5 Å². The van der Waals surface area contributed by atoms with Crippen molar-refractivity contribution in [2.75, 3.05) is 12.0 Å². The number of carbonyl (C=O) groups is 2. The molecule has 2 aromatic carbocycles. The first kappa shape index (κ1) is 17.9. The molecular weight excluding hydrogens is 334 g/mol. The van der Waals surface area contributed by atoms with E-state index in [1.165, 1.54) is 11.8 Å². The van der Waals surface area contributed by atoms with Gasteiger partial charge in [-0.05, 0) is 43.3 Å². The lowest BCUT2D eigenvalue weighted by Crippen LogP contribution is -2.71. The van der Waals surface area contributed by atoms with Gasteiger partial charge in [-0.3, -0.25) is 14.5 Å². The molecule has 26 heavy (non-hydrogen) atoms. The minimum Gasteiger partial charge on any atom is -0.497 e. The fourth-order valence-electron chi connectivity index (χ4n) is 3.08. The topological polar surface area (TPSA) is 76.1 Å². The van der Waals surface area contributed by atoms with Crippen LogP contribution in [-0.2, 0) is 9.59 Å². The van der Waals surface area contributed by atoms with E-state index >= 15 is 0 Å². The zero-order valence-electron chi connectivity index (χ0n) is 14.7. The van der Waals surface area contributed by atoms with E-state index < -0.39 is 18.2 Å². The highest BCUT2D eigenvalue weighted by Crippen LogP contribution is 2.34. The summed E-state index contributed by atoms with van der Waals surface area (Å²) in [6.07, 6.45) is -1.89. The SMILES string of the molecule is COc1ccc(N2C(=O)[C@H](Oc3ccccc3)[C@@H]2[C@@H](O)CC(C)=O)cc1. The van der Waals surface area contributed by atoms with Crippen LogP contribution in [0.1, 0.15) is 13.3 Å². The van der Waals surface area contributed by atoms with E-state index in [1.807, 2.05) is 6.07 Å². The molecule has 1 amide bonds. The van der Waals surface area contributed by atoms with E-state index in [-0.39, 0.29) is 18.1 Å². The summed E-state index contributed by atoms with van der Waals surface area (Å²) in [7, 11) is 1.56. The normalized spacial score (nSPS) is 20.3. The lowest BCUT2D eigenvalue weighted by Gasteiger charge is -2.48. The van der Waals surface area contributed by atoms with Gasteiger partial charge in [0, 0.05) is 12.1 Å². The second-order valence-corrected chi connectivity index (χ2v) is 6.22. The Morgan fingerprint density at radius 1 is 1.12 bits per heavy atom. The lowest BCUT2D eigenvalue weighted by atomic mass is 9.89. The van der Waals surface area contributed by atoms with Crippen molar-refractivity contribution in [3.05, 3.63) is 54.6 Å². The fraction of sp³-hybridized carbons (Fsp3) is 0.300.